The summed E-state index contributed by atoms with van der Waals surface area (Å²) in [6.45, 7) is 4.26. The number of anilines is 2. The molecule has 0 aliphatic rings. The van der Waals surface area contributed by atoms with Crippen LogP contribution in [0.25, 0.3) is 0 Å². The highest BCUT2D eigenvalue weighted by Crippen LogP contribution is 2.26. The first-order valence-corrected chi connectivity index (χ1v) is 12.0. The molecule has 0 spiro atoms. The third kappa shape index (κ3) is 6.34. The van der Waals surface area contributed by atoms with Gasteiger partial charge in [0.15, 0.2) is 0 Å². The SMILES string of the molecule is CCOc1ccc(N(CC(=O)Nc2cccc(COC)c2)S(=O)(=O)c2ccc(C)cc2)cc1. The summed E-state index contributed by atoms with van der Waals surface area (Å²) >= 11 is 0. The summed E-state index contributed by atoms with van der Waals surface area (Å²) in [5, 5.41) is 2.78. The van der Waals surface area contributed by atoms with Gasteiger partial charge in [0, 0.05) is 12.8 Å². The Labute approximate surface area is 195 Å². The van der Waals surface area contributed by atoms with Gasteiger partial charge in [-0.25, -0.2) is 8.42 Å². The molecule has 33 heavy (non-hydrogen) atoms. The number of amides is 1. The van der Waals surface area contributed by atoms with E-state index in [0.29, 0.717) is 30.3 Å². The van der Waals surface area contributed by atoms with Crippen molar-refractivity contribution in [1.82, 2.24) is 0 Å². The number of carbonyl (C=O) groups excluding carboxylic acids is 1. The summed E-state index contributed by atoms with van der Waals surface area (Å²) in [6.07, 6.45) is 0. The van der Waals surface area contributed by atoms with Gasteiger partial charge in [0.1, 0.15) is 12.3 Å². The predicted octanol–water partition coefficient (Wildman–Crippen LogP) is 4.37. The molecule has 8 heteroatoms. The van der Waals surface area contributed by atoms with Crippen LogP contribution in [0.4, 0.5) is 11.4 Å². The van der Waals surface area contributed by atoms with Crippen LogP contribution in [-0.2, 0) is 26.2 Å². The molecule has 0 heterocycles. The maximum Gasteiger partial charge on any atom is 0.264 e. The van der Waals surface area contributed by atoms with Gasteiger partial charge in [-0.1, -0.05) is 29.8 Å². The summed E-state index contributed by atoms with van der Waals surface area (Å²) in [6, 6.07) is 20.4. The number of hydrogen-bond donors (Lipinski definition) is 1. The van der Waals surface area contributed by atoms with Crippen LogP contribution in [0.2, 0.25) is 0 Å². The zero-order valence-corrected chi connectivity index (χ0v) is 19.8. The number of carbonyl (C=O) groups is 1. The van der Waals surface area contributed by atoms with E-state index in [1.54, 1.807) is 73.8 Å². The van der Waals surface area contributed by atoms with E-state index in [9.17, 15) is 13.2 Å². The number of hydrogen-bond acceptors (Lipinski definition) is 5. The molecule has 0 radical (unpaired) electrons. The zero-order valence-electron chi connectivity index (χ0n) is 18.9. The van der Waals surface area contributed by atoms with Gasteiger partial charge in [0.2, 0.25) is 5.91 Å². The Hall–Kier alpha value is -3.36. The molecule has 3 aromatic carbocycles. The first-order chi connectivity index (χ1) is 15.8. The van der Waals surface area contributed by atoms with E-state index in [-0.39, 0.29) is 4.90 Å². The first-order valence-electron chi connectivity index (χ1n) is 10.5. The number of sulfonamides is 1. The lowest BCUT2D eigenvalue weighted by Crippen LogP contribution is -2.38. The third-order valence-corrected chi connectivity index (χ3v) is 6.64. The largest absolute Gasteiger partial charge is 0.494 e. The zero-order chi connectivity index (χ0) is 23.8. The van der Waals surface area contributed by atoms with Gasteiger partial charge >= 0.3 is 0 Å². The van der Waals surface area contributed by atoms with Gasteiger partial charge in [0.05, 0.1) is 23.8 Å². The maximum absolute atomic E-state index is 13.5. The molecule has 1 amide bonds. The maximum atomic E-state index is 13.5. The van der Waals surface area contributed by atoms with E-state index >= 15 is 0 Å². The van der Waals surface area contributed by atoms with Crippen molar-refractivity contribution in [3.63, 3.8) is 0 Å². The number of methoxy groups -OCH3 is 1. The van der Waals surface area contributed by atoms with Crippen molar-refractivity contribution in [3.8, 4) is 5.75 Å². The monoisotopic (exact) mass is 468 g/mol. The average Bonchev–Trinajstić information content (AvgIpc) is 2.79. The van der Waals surface area contributed by atoms with Gasteiger partial charge in [-0.3, -0.25) is 9.10 Å². The van der Waals surface area contributed by atoms with Crippen LogP contribution in [-0.4, -0.2) is 34.6 Å². The summed E-state index contributed by atoms with van der Waals surface area (Å²) in [5.41, 5.74) is 2.76. The number of aryl methyl sites for hydroxylation is 1. The highest BCUT2D eigenvalue weighted by Gasteiger charge is 2.27. The fourth-order valence-electron chi connectivity index (χ4n) is 3.26. The van der Waals surface area contributed by atoms with Crippen LogP contribution in [0.3, 0.4) is 0 Å². The van der Waals surface area contributed by atoms with E-state index in [1.165, 1.54) is 0 Å². The Morgan fingerprint density at radius 1 is 1.00 bits per heavy atom. The van der Waals surface area contributed by atoms with Crippen LogP contribution in [0.1, 0.15) is 18.1 Å². The molecule has 0 saturated heterocycles. The van der Waals surface area contributed by atoms with Crippen molar-refractivity contribution in [1.29, 1.82) is 0 Å². The van der Waals surface area contributed by atoms with E-state index in [2.05, 4.69) is 5.32 Å². The van der Waals surface area contributed by atoms with E-state index in [4.69, 9.17) is 9.47 Å². The second-order valence-electron chi connectivity index (χ2n) is 7.43. The van der Waals surface area contributed by atoms with Crippen molar-refractivity contribution in [2.45, 2.75) is 25.3 Å². The first kappa shape index (κ1) is 24.3. The molecule has 7 nitrogen and oxygen atoms in total. The Bertz CT molecular complexity index is 1180. The number of rotatable bonds is 10. The Balaban J connectivity index is 1.90. The predicted molar refractivity (Wildman–Crippen MR) is 129 cm³/mol. The fourth-order valence-corrected chi connectivity index (χ4v) is 4.69. The van der Waals surface area contributed by atoms with Crippen molar-refractivity contribution >= 4 is 27.3 Å². The van der Waals surface area contributed by atoms with Gasteiger partial charge in [-0.05, 0) is 67.9 Å². The lowest BCUT2D eigenvalue weighted by Gasteiger charge is -2.24. The molecule has 3 rings (SSSR count). The standard InChI is InChI=1S/C25H28N2O5S/c1-4-32-23-12-10-22(11-13-23)27(33(29,30)24-14-8-19(2)9-15-24)17-25(28)26-21-7-5-6-20(16-21)18-31-3/h5-16H,4,17-18H2,1-3H3,(H,26,28). The molecular weight excluding hydrogens is 440 g/mol. The molecule has 0 bridgehead atoms. The summed E-state index contributed by atoms with van der Waals surface area (Å²) < 4.78 is 38.6. The quantitative estimate of drug-likeness (QED) is 0.478. The highest BCUT2D eigenvalue weighted by atomic mass is 32.2. The number of benzene rings is 3. The van der Waals surface area contributed by atoms with E-state index in [0.717, 1.165) is 15.4 Å². The minimum absolute atomic E-state index is 0.108. The molecule has 174 valence electrons. The minimum Gasteiger partial charge on any atom is -0.494 e. The van der Waals surface area contributed by atoms with Crippen LogP contribution >= 0.6 is 0 Å². The normalized spacial score (nSPS) is 11.1. The molecule has 0 atom stereocenters. The van der Waals surface area contributed by atoms with Crippen molar-refractivity contribution in [2.75, 3.05) is 29.9 Å². The van der Waals surface area contributed by atoms with Gasteiger partial charge in [0.25, 0.3) is 10.0 Å². The Morgan fingerprint density at radius 2 is 1.70 bits per heavy atom. The summed E-state index contributed by atoms with van der Waals surface area (Å²) in [7, 11) is -2.40. The molecule has 0 aliphatic carbocycles. The lowest BCUT2D eigenvalue weighted by atomic mass is 10.2. The molecule has 0 fully saturated rings. The Kier molecular flexibility index (Phi) is 8.08. The van der Waals surface area contributed by atoms with Gasteiger partial charge in [-0.2, -0.15) is 0 Å². The summed E-state index contributed by atoms with van der Waals surface area (Å²) in [5.74, 6) is 0.155. The fraction of sp³-hybridized carbons (Fsp3) is 0.240. The van der Waals surface area contributed by atoms with E-state index < -0.39 is 22.5 Å². The molecule has 0 saturated carbocycles. The van der Waals surface area contributed by atoms with Gasteiger partial charge < -0.3 is 14.8 Å². The highest BCUT2D eigenvalue weighted by molar-refractivity contribution is 7.92. The smallest absolute Gasteiger partial charge is 0.264 e. The second-order valence-corrected chi connectivity index (χ2v) is 9.30. The van der Waals surface area contributed by atoms with Crippen molar-refractivity contribution in [2.24, 2.45) is 0 Å². The number of nitrogens with one attached hydrogen (secondary N) is 1. The van der Waals surface area contributed by atoms with Crippen LogP contribution in [0.15, 0.2) is 77.7 Å². The van der Waals surface area contributed by atoms with Gasteiger partial charge in [-0.15, -0.1) is 0 Å². The molecule has 0 aliphatic heterocycles. The molecule has 3 aromatic rings. The second kappa shape index (κ2) is 11.0. The number of nitrogens with zero attached hydrogens (tertiary/aromatic N) is 1. The Morgan fingerprint density at radius 3 is 2.33 bits per heavy atom. The van der Waals surface area contributed by atoms with E-state index in [1.807, 2.05) is 19.9 Å². The summed E-state index contributed by atoms with van der Waals surface area (Å²) in [4.78, 5) is 13.0. The van der Waals surface area contributed by atoms with Crippen molar-refractivity contribution in [3.05, 3.63) is 83.9 Å². The third-order valence-electron chi connectivity index (χ3n) is 4.85. The average molecular weight is 469 g/mol. The minimum atomic E-state index is -3.99. The van der Waals surface area contributed by atoms with Crippen molar-refractivity contribution < 1.29 is 22.7 Å². The molecule has 0 aromatic heterocycles. The molecule has 1 N–H and O–H groups in total. The van der Waals surface area contributed by atoms with Crippen LogP contribution in [0, 0.1) is 6.92 Å². The molecule has 0 unspecified atom stereocenters. The molecular formula is C25H28N2O5S. The number of ether oxygens (including phenoxy) is 2. The topological polar surface area (TPSA) is 84.9 Å². The lowest BCUT2D eigenvalue weighted by molar-refractivity contribution is -0.114. The van der Waals surface area contributed by atoms with Crippen LogP contribution < -0.4 is 14.4 Å². The van der Waals surface area contributed by atoms with Crippen LogP contribution in [0.5, 0.6) is 5.75 Å².